The van der Waals surface area contributed by atoms with Crippen molar-refractivity contribution in [1.29, 1.82) is 0 Å². The zero-order valence-electron chi connectivity index (χ0n) is 6.77. The predicted octanol–water partition coefficient (Wildman–Crippen LogP) is 3.75. The molecule has 82 valence electrons. The molecule has 0 aromatic rings. The van der Waals surface area contributed by atoms with Gasteiger partial charge in [-0.2, -0.15) is 0 Å². The van der Waals surface area contributed by atoms with Crippen LogP contribution in [0, 0.1) is 0 Å². The molecule has 9 heteroatoms. The Balaban J connectivity index is 0. The van der Waals surface area contributed by atoms with Crippen LogP contribution in [0.4, 0.5) is 25.8 Å². The first-order valence-corrected chi connectivity index (χ1v) is 4.55. The van der Waals surface area contributed by atoms with Gasteiger partial charge in [0, 0.05) is 0 Å². The summed E-state index contributed by atoms with van der Waals surface area (Å²) in [6.45, 7) is 2.09. The molecule has 0 radical (unpaired) electrons. The fourth-order valence-corrected chi connectivity index (χ4v) is 0.177. The van der Waals surface area contributed by atoms with E-state index in [0.29, 0.717) is 6.61 Å². The van der Waals surface area contributed by atoms with E-state index in [0.717, 1.165) is 0 Å². The van der Waals surface area contributed by atoms with Gasteiger partial charge in [0.15, 0.2) is 0 Å². The van der Waals surface area contributed by atoms with Crippen molar-refractivity contribution in [2.24, 2.45) is 0 Å². The number of carbonyl (C=O) groups is 1. The van der Waals surface area contributed by atoms with Crippen LogP contribution in [0.5, 0.6) is 0 Å². The second-order valence-corrected chi connectivity index (χ2v) is 2.80. The van der Waals surface area contributed by atoms with Crippen molar-refractivity contribution in [3.8, 4) is 0 Å². The quantitative estimate of drug-likeness (QED) is 0.391. The summed E-state index contributed by atoms with van der Waals surface area (Å²) in [6, 6.07) is 0. The molecule has 0 amide bonds. The van der Waals surface area contributed by atoms with E-state index in [9.17, 15) is 25.8 Å². The van der Waals surface area contributed by atoms with E-state index < -0.39 is 14.3 Å². The number of rotatable bonds is 1. The predicted molar refractivity (Wildman–Crippen MR) is 36.5 cm³/mol. The van der Waals surface area contributed by atoms with E-state index in [1.54, 1.807) is 6.92 Å². The van der Waals surface area contributed by atoms with Crippen LogP contribution < -0.4 is 0 Å². The van der Waals surface area contributed by atoms with Gasteiger partial charge in [0.1, 0.15) is 0 Å². The van der Waals surface area contributed by atoms with Gasteiger partial charge in [-0.05, 0) is 6.92 Å². The standard InChI is InChI=1S/C4H8O3.F5P/c1-3-7-4(5)6-2;1-6(2,3,4)5/h3H2,1-2H3;. The molecule has 0 saturated heterocycles. The van der Waals surface area contributed by atoms with E-state index in [4.69, 9.17) is 0 Å². The first-order valence-electron chi connectivity index (χ1n) is 2.86. The first-order chi connectivity index (χ1) is 5.54. The molecule has 0 aliphatic heterocycles. The van der Waals surface area contributed by atoms with Crippen LogP contribution in [-0.2, 0) is 9.47 Å². The molecule has 0 fully saturated rings. The normalized spacial score (nSPS) is 13.0. The van der Waals surface area contributed by atoms with Crippen LogP contribution in [-0.4, -0.2) is 19.9 Å². The van der Waals surface area contributed by atoms with E-state index in [1.165, 1.54) is 7.11 Å². The van der Waals surface area contributed by atoms with Gasteiger partial charge in [-0.25, -0.2) is 4.79 Å². The SMILES string of the molecule is CCOC(=O)OC.FP(F)(F)(F)F. The number of methoxy groups -OCH3 is 1. The minimum atomic E-state index is -8.55. The van der Waals surface area contributed by atoms with E-state index in [2.05, 4.69) is 9.47 Å². The van der Waals surface area contributed by atoms with E-state index >= 15 is 0 Å². The molecule has 0 rings (SSSR count). The Morgan fingerprint density at radius 1 is 1.23 bits per heavy atom. The molecular formula is C4H8F5O3P. The molecule has 0 saturated carbocycles. The van der Waals surface area contributed by atoms with Gasteiger partial charge in [-0.1, -0.05) is 0 Å². The van der Waals surface area contributed by atoms with Crippen molar-refractivity contribution in [3.05, 3.63) is 0 Å². The summed E-state index contributed by atoms with van der Waals surface area (Å²) < 4.78 is 57.7. The third kappa shape index (κ3) is 52.4. The molecule has 0 bridgehead atoms. The zero-order chi connectivity index (χ0) is 11.1. The van der Waals surface area contributed by atoms with Crippen molar-refractivity contribution in [2.45, 2.75) is 6.92 Å². The number of carbonyl (C=O) groups excluding carboxylic acids is 1. The second-order valence-electron chi connectivity index (χ2n) is 1.53. The second kappa shape index (κ2) is 5.16. The Morgan fingerprint density at radius 2 is 1.54 bits per heavy atom. The van der Waals surface area contributed by atoms with Crippen molar-refractivity contribution in [1.82, 2.24) is 0 Å². The van der Waals surface area contributed by atoms with Crippen molar-refractivity contribution in [2.75, 3.05) is 13.7 Å². The third-order valence-corrected chi connectivity index (χ3v) is 0.429. The monoisotopic (exact) mass is 230 g/mol. The summed E-state index contributed by atoms with van der Waals surface area (Å²) in [5.74, 6) is 0. The molecule has 0 aliphatic rings. The van der Waals surface area contributed by atoms with Crippen LogP contribution in [0.3, 0.4) is 0 Å². The summed E-state index contributed by atoms with van der Waals surface area (Å²) in [7, 11) is -7.27. The molecule has 13 heavy (non-hydrogen) atoms. The molecule has 0 aromatic carbocycles. The van der Waals surface area contributed by atoms with Crippen LogP contribution in [0.25, 0.3) is 0 Å². The Labute approximate surface area is 71.3 Å². The number of halogens is 5. The van der Waals surface area contributed by atoms with Crippen LogP contribution in [0.1, 0.15) is 6.92 Å². The van der Waals surface area contributed by atoms with Gasteiger partial charge in [-0.15, -0.1) is 0 Å². The summed E-state index contributed by atoms with van der Waals surface area (Å²) in [5.41, 5.74) is 0. The average Bonchev–Trinajstić information content (AvgIpc) is 1.83. The molecule has 0 N–H and O–H groups in total. The fraction of sp³-hybridized carbons (Fsp3) is 0.750. The first kappa shape index (κ1) is 14.9. The molecule has 0 unspecified atom stereocenters. The van der Waals surface area contributed by atoms with Gasteiger partial charge < -0.3 is 9.47 Å². The Kier molecular flexibility index (Phi) is 5.90. The van der Waals surface area contributed by atoms with Crippen molar-refractivity contribution < 1.29 is 35.3 Å². The molecule has 0 aliphatic carbocycles. The summed E-state index contributed by atoms with van der Waals surface area (Å²) >= 11 is 0. The number of ether oxygens (including phenoxy) is 2. The van der Waals surface area contributed by atoms with Gasteiger partial charge in [0.25, 0.3) is 0 Å². The van der Waals surface area contributed by atoms with Gasteiger partial charge in [-0.3, -0.25) is 0 Å². The van der Waals surface area contributed by atoms with Crippen molar-refractivity contribution in [3.63, 3.8) is 0 Å². The fourth-order valence-electron chi connectivity index (χ4n) is 0.177. The molecule has 3 nitrogen and oxygen atoms in total. The van der Waals surface area contributed by atoms with Gasteiger partial charge in [0.05, 0.1) is 13.7 Å². The number of hydrogen-bond donors (Lipinski definition) is 0. The van der Waals surface area contributed by atoms with E-state index in [-0.39, 0.29) is 0 Å². The summed E-state index contributed by atoms with van der Waals surface area (Å²) in [4.78, 5) is 9.97. The summed E-state index contributed by atoms with van der Waals surface area (Å²) in [5, 5.41) is 0. The topological polar surface area (TPSA) is 35.5 Å². The van der Waals surface area contributed by atoms with Crippen LogP contribution >= 0.6 is 8.16 Å². The van der Waals surface area contributed by atoms with Crippen LogP contribution in [0.15, 0.2) is 0 Å². The minimum absolute atomic E-state index is 0.368. The van der Waals surface area contributed by atoms with Gasteiger partial charge >= 0.3 is 35.3 Å². The van der Waals surface area contributed by atoms with E-state index in [1.807, 2.05) is 0 Å². The summed E-state index contributed by atoms with van der Waals surface area (Å²) in [6.07, 6.45) is -0.623. The Hall–Kier alpha value is -0.650. The van der Waals surface area contributed by atoms with Crippen LogP contribution in [0.2, 0.25) is 0 Å². The molecule has 0 aromatic heterocycles. The molecule has 0 atom stereocenters. The maximum absolute atomic E-state index is 9.97. The van der Waals surface area contributed by atoms with Gasteiger partial charge in [0.2, 0.25) is 0 Å². The number of hydrogen-bond acceptors (Lipinski definition) is 3. The molecular weight excluding hydrogens is 222 g/mol. The average molecular weight is 230 g/mol. The zero-order valence-corrected chi connectivity index (χ0v) is 7.66. The Bertz CT molecular complexity index is 148. The third-order valence-electron chi connectivity index (χ3n) is 0.429. The molecule has 0 spiro atoms. The Morgan fingerprint density at radius 3 is 1.62 bits per heavy atom. The van der Waals surface area contributed by atoms with Crippen molar-refractivity contribution >= 4 is 14.3 Å². The maximum atomic E-state index is 9.97. The molecule has 0 heterocycles.